The monoisotopic (exact) mass is 152 g/mol. The van der Waals surface area contributed by atoms with Crippen LogP contribution in [0.2, 0.25) is 0 Å². The molecule has 0 aromatic carbocycles. The van der Waals surface area contributed by atoms with E-state index in [9.17, 15) is 4.79 Å². The van der Waals surface area contributed by atoms with Crippen LogP contribution >= 0.6 is 0 Å². The third-order valence-electron chi connectivity index (χ3n) is 1.98. The maximum Gasteiger partial charge on any atom is 0.381 e. The summed E-state index contributed by atoms with van der Waals surface area (Å²) >= 11 is 0. The second kappa shape index (κ2) is 2.58. The van der Waals surface area contributed by atoms with Gasteiger partial charge >= 0.3 is 5.97 Å². The molecule has 1 N–H and O–H groups in total. The highest BCUT2D eigenvalue weighted by molar-refractivity contribution is 5.86. The Bertz CT molecular complexity index is 222. The molecule has 0 radical (unpaired) electrons. The molecule has 0 saturated heterocycles. The van der Waals surface area contributed by atoms with Gasteiger partial charge in [0.25, 0.3) is 0 Å². The quantitative estimate of drug-likeness (QED) is 0.534. The molecule has 11 heavy (non-hydrogen) atoms. The minimum absolute atomic E-state index is 0.320. The van der Waals surface area contributed by atoms with Gasteiger partial charge in [-0.1, -0.05) is 19.8 Å². The van der Waals surface area contributed by atoms with E-state index in [0.717, 1.165) is 12.8 Å². The lowest BCUT2D eigenvalue weighted by Gasteiger charge is -2.39. The molecular formula is C9H12O2. The largest absolute Gasteiger partial charge is 0.472 e. The van der Waals surface area contributed by atoms with E-state index in [2.05, 4.69) is 25.7 Å². The van der Waals surface area contributed by atoms with Crippen LogP contribution in [0.5, 0.6) is 0 Å². The SMILES string of the molecule is CC1(C)CC(C#CC(=O)O)C1. The average Bonchev–Trinajstić information content (AvgIpc) is 1.78. The number of carboxylic acid groups (broad SMARTS) is 1. The lowest BCUT2D eigenvalue weighted by Crippen LogP contribution is -2.30. The van der Waals surface area contributed by atoms with Crippen molar-refractivity contribution in [1.82, 2.24) is 0 Å². The first kappa shape index (κ1) is 8.13. The normalized spacial score (nSPS) is 21.3. The van der Waals surface area contributed by atoms with E-state index in [4.69, 9.17) is 5.11 Å². The predicted octanol–water partition coefficient (Wildman–Crippen LogP) is 1.51. The molecule has 2 nitrogen and oxygen atoms in total. The van der Waals surface area contributed by atoms with Gasteiger partial charge in [0.15, 0.2) is 0 Å². The van der Waals surface area contributed by atoms with Gasteiger partial charge < -0.3 is 5.11 Å². The van der Waals surface area contributed by atoms with Gasteiger partial charge in [-0.2, -0.15) is 0 Å². The fraction of sp³-hybridized carbons (Fsp3) is 0.667. The second-order valence-electron chi connectivity index (χ2n) is 3.84. The van der Waals surface area contributed by atoms with Crippen LogP contribution in [0.1, 0.15) is 26.7 Å². The predicted molar refractivity (Wildman–Crippen MR) is 41.9 cm³/mol. The Morgan fingerprint density at radius 3 is 2.45 bits per heavy atom. The molecule has 0 spiro atoms. The Morgan fingerprint density at radius 2 is 2.09 bits per heavy atom. The third kappa shape index (κ3) is 2.27. The first-order valence-corrected chi connectivity index (χ1v) is 3.74. The van der Waals surface area contributed by atoms with E-state index in [-0.39, 0.29) is 0 Å². The summed E-state index contributed by atoms with van der Waals surface area (Å²) in [5.74, 6) is 4.18. The van der Waals surface area contributed by atoms with Crippen molar-refractivity contribution in [3.63, 3.8) is 0 Å². The minimum Gasteiger partial charge on any atom is -0.472 e. The standard InChI is InChI=1S/C9H12O2/c1-9(2)5-7(6-9)3-4-8(10)11/h7H,5-6H2,1-2H3,(H,10,11). The van der Waals surface area contributed by atoms with Gasteiger partial charge in [0, 0.05) is 11.8 Å². The zero-order valence-electron chi connectivity index (χ0n) is 6.85. The molecule has 1 aliphatic carbocycles. The summed E-state index contributed by atoms with van der Waals surface area (Å²) in [5, 5.41) is 8.24. The number of carbonyl (C=O) groups is 1. The van der Waals surface area contributed by atoms with E-state index in [0.29, 0.717) is 11.3 Å². The smallest absolute Gasteiger partial charge is 0.381 e. The fourth-order valence-corrected chi connectivity index (χ4v) is 1.54. The molecule has 0 unspecified atom stereocenters. The Morgan fingerprint density at radius 1 is 1.55 bits per heavy atom. The van der Waals surface area contributed by atoms with E-state index in [1.165, 1.54) is 0 Å². The zero-order valence-corrected chi connectivity index (χ0v) is 6.85. The van der Waals surface area contributed by atoms with Crippen LogP contribution in [0.15, 0.2) is 0 Å². The summed E-state index contributed by atoms with van der Waals surface area (Å²) < 4.78 is 0. The van der Waals surface area contributed by atoms with E-state index >= 15 is 0 Å². The summed E-state index contributed by atoms with van der Waals surface area (Å²) in [6.07, 6.45) is 2.07. The molecule has 0 heterocycles. The molecule has 0 aliphatic heterocycles. The Balaban J connectivity index is 2.36. The van der Waals surface area contributed by atoms with E-state index in [1.807, 2.05) is 0 Å². The van der Waals surface area contributed by atoms with E-state index < -0.39 is 5.97 Å². The van der Waals surface area contributed by atoms with Crippen LogP contribution in [0.3, 0.4) is 0 Å². The first-order valence-electron chi connectivity index (χ1n) is 3.74. The molecular weight excluding hydrogens is 140 g/mol. The van der Waals surface area contributed by atoms with Crippen molar-refractivity contribution < 1.29 is 9.90 Å². The van der Waals surface area contributed by atoms with Gasteiger partial charge in [-0.25, -0.2) is 4.79 Å². The molecule has 0 bridgehead atoms. The van der Waals surface area contributed by atoms with Crippen molar-refractivity contribution in [3.05, 3.63) is 0 Å². The van der Waals surface area contributed by atoms with Crippen LogP contribution in [0.4, 0.5) is 0 Å². The Hall–Kier alpha value is -0.970. The molecule has 0 atom stereocenters. The summed E-state index contributed by atoms with van der Waals surface area (Å²) in [6.45, 7) is 4.35. The van der Waals surface area contributed by atoms with Gasteiger partial charge in [0.05, 0.1) is 0 Å². The van der Waals surface area contributed by atoms with Gasteiger partial charge in [-0.3, -0.25) is 0 Å². The highest BCUT2D eigenvalue weighted by Crippen LogP contribution is 2.44. The van der Waals surface area contributed by atoms with Gasteiger partial charge in [0.2, 0.25) is 0 Å². The number of aliphatic carboxylic acids is 1. The molecule has 1 fully saturated rings. The summed E-state index contributed by atoms with van der Waals surface area (Å²) in [7, 11) is 0. The Labute approximate surface area is 66.6 Å². The van der Waals surface area contributed by atoms with Crippen LogP contribution < -0.4 is 0 Å². The molecule has 0 aromatic heterocycles. The van der Waals surface area contributed by atoms with Crippen LogP contribution in [-0.4, -0.2) is 11.1 Å². The van der Waals surface area contributed by atoms with Gasteiger partial charge in [0.1, 0.15) is 0 Å². The van der Waals surface area contributed by atoms with Gasteiger partial charge in [-0.05, 0) is 18.3 Å². The zero-order chi connectivity index (χ0) is 8.48. The highest BCUT2D eigenvalue weighted by atomic mass is 16.4. The van der Waals surface area contributed by atoms with Gasteiger partial charge in [-0.15, -0.1) is 0 Å². The van der Waals surface area contributed by atoms with Crippen molar-refractivity contribution in [2.45, 2.75) is 26.7 Å². The molecule has 1 rings (SSSR count). The number of hydrogen-bond donors (Lipinski definition) is 1. The maximum absolute atomic E-state index is 10.0. The van der Waals surface area contributed by atoms with Crippen molar-refractivity contribution in [2.75, 3.05) is 0 Å². The lowest BCUT2D eigenvalue weighted by atomic mass is 9.65. The van der Waals surface area contributed by atoms with Crippen LogP contribution in [-0.2, 0) is 4.79 Å². The topological polar surface area (TPSA) is 37.3 Å². The minimum atomic E-state index is -1.02. The van der Waals surface area contributed by atoms with Crippen LogP contribution in [0, 0.1) is 23.2 Å². The molecule has 60 valence electrons. The molecule has 0 aromatic rings. The number of hydrogen-bond acceptors (Lipinski definition) is 1. The fourth-order valence-electron chi connectivity index (χ4n) is 1.54. The lowest BCUT2D eigenvalue weighted by molar-refractivity contribution is -0.130. The first-order chi connectivity index (χ1) is 4.99. The van der Waals surface area contributed by atoms with E-state index in [1.54, 1.807) is 0 Å². The average molecular weight is 152 g/mol. The van der Waals surface area contributed by atoms with Crippen molar-refractivity contribution >= 4 is 5.97 Å². The highest BCUT2D eigenvalue weighted by Gasteiger charge is 2.34. The van der Waals surface area contributed by atoms with Crippen molar-refractivity contribution in [2.24, 2.45) is 11.3 Å². The third-order valence-corrected chi connectivity index (χ3v) is 1.98. The van der Waals surface area contributed by atoms with Crippen molar-refractivity contribution in [1.29, 1.82) is 0 Å². The number of carboxylic acids is 1. The number of rotatable bonds is 0. The Kier molecular flexibility index (Phi) is 1.90. The summed E-state index contributed by atoms with van der Waals surface area (Å²) in [6, 6.07) is 0. The van der Waals surface area contributed by atoms with Crippen LogP contribution in [0.25, 0.3) is 0 Å². The molecule has 1 saturated carbocycles. The molecule has 0 amide bonds. The summed E-state index contributed by atoms with van der Waals surface area (Å²) in [5.41, 5.74) is 0.387. The summed E-state index contributed by atoms with van der Waals surface area (Å²) in [4.78, 5) is 10.0. The maximum atomic E-state index is 10.0. The molecule has 1 aliphatic rings. The molecule has 2 heteroatoms. The van der Waals surface area contributed by atoms with Crippen molar-refractivity contribution in [3.8, 4) is 11.8 Å². The second-order valence-corrected chi connectivity index (χ2v) is 3.84.